The van der Waals surface area contributed by atoms with Crippen LogP contribution in [0, 0.1) is 28.6 Å². The van der Waals surface area contributed by atoms with Gasteiger partial charge in [0.25, 0.3) is 0 Å². The Morgan fingerprint density at radius 2 is 1.95 bits per heavy atom. The normalized spacial score (nSPS) is 46.8. The van der Waals surface area contributed by atoms with E-state index in [9.17, 15) is 14.4 Å². The predicted molar refractivity (Wildman–Crippen MR) is 70.1 cm³/mol. The van der Waals surface area contributed by atoms with E-state index in [0.717, 1.165) is 0 Å². The molecule has 6 unspecified atom stereocenters. The fourth-order valence-corrected chi connectivity index (χ4v) is 5.01. The summed E-state index contributed by atoms with van der Waals surface area (Å²) < 4.78 is 15.4. The third-order valence-corrected chi connectivity index (χ3v) is 6.15. The Labute approximate surface area is 123 Å². The van der Waals surface area contributed by atoms with E-state index in [1.807, 2.05) is 6.92 Å². The largest absolute Gasteiger partial charge is 0.469 e. The molecule has 2 aliphatic carbocycles. The highest BCUT2D eigenvalue weighted by Crippen LogP contribution is 2.72. The second kappa shape index (κ2) is 4.29. The molecule has 1 heterocycles. The fraction of sp³-hybridized carbons (Fsp3) is 0.800. The Balaban J connectivity index is 2.08. The molecular formula is C15H20O6. The summed E-state index contributed by atoms with van der Waals surface area (Å²) in [5.74, 6) is -1.71. The first-order valence-corrected chi connectivity index (χ1v) is 7.13. The van der Waals surface area contributed by atoms with Crippen molar-refractivity contribution in [2.24, 2.45) is 28.6 Å². The standard InChI is InChI=1S/C15H20O6/c1-14-6-21-12-10(14)7(5-8(16)19-3)9(11(12)17)15(14,2)13(18)20-4/h7,9-10,12H,5-6H2,1-4H3. The molecule has 0 N–H and O–H groups in total. The summed E-state index contributed by atoms with van der Waals surface area (Å²) in [6.07, 6.45) is -0.355. The zero-order valence-corrected chi connectivity index (χ0v) is 12.7. The summed E-state index contributed by atoms with van der Waals surface area (Å²) in [6, 6.07) is 0. The van der Waals surface area contributed by atoms with Gasteiger partial charge in [0.2, 0.25) is 0 Å². The summed E-state index contributed by atoms with van der Waals surface area (Å²) in [7, 11) is 2.66. The van der Waals surface area contributed by atoms with E-state index in [2.05, 4.69) is 0 Å². The molecule has 116 valence electrons. The van der Waals surface area contributed by atoms with Crippen LogP contribution < -0.4 is 0 Å². The van der Waals surface area contributed by atoms with E-state index < -0.39 is 28.8 Å². The van der Waals surface area contributed by atoms with E-state index in [1.54, 1.807) is 6.92 Å². The number of fused-ring (bicyclic) bond motifs is 1. The average molecular weight is 296 g/mol. The fourth-order valence-electron chi connectivity index (χ4n) is 5.01. The van der Waals surface area contributed by atoms with Gasteiger partial charge in [0.05, 0.1) is 26.2 Å². The zero-order chi connectivity index (χ0) is 15.6. The predicted octanol–water partition coefficient (Wildman–Crippen LogP) is 0.579. The second-order valence-corrected chi connectivity index (χ2v) is 6.69. The van der Waals surface area contributed by atoms with Crippen LogP contribution >= 0.6 is 0 Å². The number of hydrogen-bond donors (Lipinski definition) is 0. The Morgan fingerprint density at radius 1 is 1.29 bits per heavy atom. The molecule has 1 saturated heterocycles. The third kappa shape index (κ3) is 1.44. The summed E-state index contributed by atoms with van der Waals surface area (Å²) in [5.41, 5.74) is -1.43. The van der Waals surface area contributed by atoms with Gasteiger partial charge in [-0.2, -0.15) is 0 Å². The van der Waals surface area contributed by atoms with Crippen LogP contribution in [-0.4, -0.2) is 44.7 Å². The van der Waals surface area contributed by atoms with Gasteiger partial charge in [0.1, 0.15) is 6.10 Å². The SMILES string of the molecule is COC(=O)CC1C2C3OCC2(C)C(C)(C(=O)OC)C1C3=O. The average Bonchev–Trinajstić information content (AvgIpc) is 2.99. The van der Waals surface area contributed by atoms with Gasteiger partial charge in [-0.25, -0.2) is 0 Å². The van der Waals surface area contributed by atoms with Gasteiger partial charge in [0.15, 0.2) is 5.78 Å². The summed E-state index contributed by atoms with van der Waals surface area (Å²) >= 11 is 0. The van der Waals surface area contributed by atoms with Crippen LogP contribution in [0.3, 0.4) is 0 Å². The molecule has 0 amide bonds. The molecule has 0 aromatic rings. The zero-order valence-electron chi connectivity index (χ0n) is 12.7. The Bertz CT molecular complexity index is 528. The Morgan fingerprint density at radius 3 is 2.52 bits per heavy atom. The molecule has 21 heavy (non-hydrogen) atoms. The topological polar surface area (TPSA) is 78.9 Å². The van der Waals surface area contributed by atoms with Gasteiger partial charge in [-0.3, -0.25) is 14.4 Å². The molecule has 6 atom stereocenters. The van der Waals surface area contributed by atoms with Crippen LogP contribution in [0.1, 0.15) is 20.3 Å². The molecule has 2 bridgehead atoms. The van der Waals surface area contributed by atoms with Gasteiger partial charge < -0.3 is 14.2 Å². The molecule has 6 heteroatoms. The lowest BCUT2D eigenvalue weighted by molar-refractivity contribution is -0.166. The van der Waals surface area contributed by atoms with Gasteiger partial charge in [-0.15, -0.1) is 0 Å². The maximum absolute atomic E-state index is 12.6. The number of ketones is 1. The summed E-state index contributed by atoms with van der Waals surface area (Å²) in [5, 5.41) is 0. The van der Waals surface area contributed by atoms with E-state index in [0.29, 0.717) is 6.61 Å². The van der Waals surface area contributed by atoms with Gasteiger partial charge in [-0.1, -0.05) is 6.92 Å². The molecule has 0 aromatic carbocycles. The molecule has 1 aliphatic heterocycles. The highest BCUT2D eigenvalue weighted by molar-refractivity contribution is 5.98. The number of methoxy groups -OCH3 is 2. The van der Waals surface area contributed by atoms with E-state index in [1.165, 1.54) is 14.2 Å². The van der Waals surface area contributed by atoms with Crippen molar-refractivity contribution in [2.45, 2.75) is 26.4 Å². The highest BCUT2D eigenvalue weighted by Gasteiger charge is 2.80. The number of esters is 2. The molecule has 0 radical (unpaired) electrons. The van der Waals surface area contributed by atoms with Gasteiger partial charge in [-0.05, 0) is 12.8 Å². The molecular weight excluding hydrogens is 276 g/mol. The van der Waals surface area contributed by atoms with E-state index in [-0.39, 0.29) is 30.0 Å². The monoisotopic (exact) mass is 296 g/mol. The Hall–Kier alpha value is -1.43. The first-order valence-electron chi connectivity index (χ1n) is 7.13. The van der Waals surface area contributed by atoms with Crippen LogP contribution in [0.5, 0.6) is 0 Å². The van der Waals surface area contributed by atoms with Crippen molar-refractivity contribution >= 4 is 17.7 Å². The lowest BCUT2D eigenvalue weighted by Gasteiger charge is -2.42. The van der Waals surface area contributed by atoms with Crippen molar-refractivity contribution in [2.75, 3.05) is 20.8 Å². The van der Waals surface area contributed by atoms with Crippen LogP contribution in [0.4, 0.5) is 0 Å². The lowest BCUT2D eigenvalue weighted by atomic mass is 9.58. The molecule has 3 fully saturated rings. The summed E-state index contributed by atoms with van der Waals surface area (Å²) in [4.78, 5) is 36.7. The highest BCUT2D eigenvalue weighted by atomic mass is 16.5. The molecule has 2 saturated carbocycles. The molecule has 0 spiro atoms. The maximum atomic E-state index is 12.6. The maximum Gasteiger partial charge on any atom is 0.312 e. The molecule has 6 nitrogen and oxygen atoms in total. The van der Waals surface area contributed by atoms with Crippen molar-refractivity contribution in [3.8, 4) is 0 Å². The molecule has 3 aliphatic rings. The minimum absolute atomic E-state index is 0.0724. The van der Waals surface area contributed by atoms with Crippen LogP contribution in [0.2, 0.25) is 0 Å². The number of Topliss-reactive ketones (excluding diaryl/α,β-unsaturated/α-hetero) is 1. The minimum Gasteiger partial charge on any atom is -0.469 e. The summed E-state index contributed by atoms with van der Waals surface area (Å²) in [6.45, 7) is 4.08. The quantitative estimate of drug-likeness (QED) is 0.709. The van der Waals surface area contributed by atoms with Crippen molar-refractivity contribution < 1.29 is 28.6 Å². The smallest absolute Gasteiger partial charge is 0.312 e. The molecule has 0 aromatic heterocycles. The van der Waals surface area contributed by atoms with Crippen LogP contribution in [-0.2, 0) is 28.6 Å². The first-order chi connectivity index (χ1) is 9.82. The third-order valence-electron chi connectivity index (χ3n) is 6.15. The lowest BCUT2D eigenvalue weighted by Crippen LogP contribution is -2.52. The number of rotatable bonds is 3. The minimum atomic E-state index is -0.949. The number of carbonyl (C=O) groups is 3. The van der Waals surface area contributed by atoms with Crippen LogP contribution in [0.15, 0.2) is 0 Å². The second-order valence-electron chi connectivity index (χ2n) is 6.69. The number of carbonyl (C=O) groups excluding carboxylic acids is 3. The van der Waals surface area contributed by atoms with Gasteiger partial charge >= 0.3 is 11.9 Å². The van der Waals surface area contributed by atoms with Crippen molar-refractivity contribution in [3.05, 3.63) is 0 Å². The first kappa shape index (κ1) is 14.5. The van der Waals surface area contributed by atoms with Crippen molar-refractivity contribution in [1.29, 1.82) is 0 Å². The molecule has 3 rings (SSSR count). The van der Waals surface area contributed by atoms with E-state index >= 15 is 0 Å². The van der Waals surface area contributed by atoms with E-state index in [4.69, 9.17) is 14.2 Å². The number of ether oxygens (including phenoxy) is 3. The number of hydrogen-bond acceptors (Lipinski definition) is 6. The van der Waals surface area contributed by atoms with Crippen molar-refractivity contribution in [1.82, 2.24) is 0 Å². The Kier molecular flexibility index (Phi) is 2.96. The van der Waals surface area contributed by atoms with Crippen molar-refractivity contribution in [3.63, 3.8) is 0 Å². The van der Waals surface area contributed by atoms with Gasteiger partial charge in [0, 0.05) is 23.7 Å². The van der Waals surface area contributed by atoms with Crippen LogP contribution in [0.25, 0.3) is 0 Å².